The van der Waals surface area contributed by atoms with Gasteiger partial charge in [-0.25, -0.2) is 0 Å². The SMILES string of the molecule is COc1cc(-c2nc3sc(=Cc4ccco4)c(=O)n3n2)cc(OC)c1OC. The van der Waals surface area contributed by atoms with E-state index in [2.05, 4.69) is 10.1 Å². The van der Waals surface area contributed by atoms with Crippen molar-refractivity contribution >= 4 is 22.4 Å². The fraction of sp³-hybridized carbons (Fsp3) is 0.167. The molecule has 0 spiro atoms. The Hall–Kier alpha value is -3.33. The van der Waals surface area contributed by atoms with Crippen LogP contribution in [0.1, 0.15) is 5.76 Å². The largest absolute Gasteiger partial charge is 0.493 e. The third kappa shape index (κ3) is 2.91. The van der Waals surface area contributed by atoms with Crippen LogP contribution in [0.5, 0.6) is 17.2 Å². The molecule has 0 atom stereocenters. The van der Waals surface area contributed by atoms with E-state index in [1.807, 2.05) is 0 Å². The van der Waals surface area contributed by atoms with Crippen molar-refractivity contribution < 1.29 is 18.6 Å². The van der Waals surface area contributed by atoms with Gasteiger partial charge in [0.05, 0.1) is 27.6 Å². The summed E-state index contributed by atoms with van der Waals surface area (Å²) in [7, 11) is 4.60. The van der Waals surface area contributed by atoms with Gasteiger partial charge in [0.15, 0.2) is 17.3 Å². The number of nitrogens with zero attached hydrogens (tertiary/aromatic N) is 3. The Balaban J connectivity index is 1.83. The Morgan fingerprint density at radius 3 is 2.44 bits per heavy atom. The number of furan rings is 1. The van der Waals surface area contributed by atoms with E-state index >= 15 is 0 Å². The Morgan fingerprint density at radius 2 is 1.89 bits per heavy atom. The first kappa shape index (κ1) is 17.1. The maximum atomic E-state index is 12.6. The molecule has 27 heavy (non-hydrogen) atoms. The van der Waals surface area contributed by atoms with Crippen LogP contribution in [0.4, 0.5) is 0 Å². The van der Waals surface area contributed by atoms with Gasteiger partial charge in [0.25, 0.3) is 5.56 Å². The molecule has 4 rings (SSSR count). The molecular formula is C18H15N3O5S. The second-order valence-corrected chi connectivity index (χ2v) is 6.48. The number of thiazole rings is 1. The lowest BCUT2D eigenvalue weighted by Crippen LogP contribution is -2.23. The molecule has 0 amide bonds. The second-order valence-electron chi connectivity index (χ2n) is 5.48. The quantitative estimate of drug-likeness (QED) is 0.519. The van der Waals surface area contributed by atoms with Crippen LogP contribution in [-0.4, -0.2) is 35.9 Å². The van der Waals surface area contributed by atoms with Crippen LogP contribution in [0.15, 0.2) is 39.7 Å². The molecule has 0 bridgehead atoms. The van der Waals surface area contributed by atoms with Crippen molar-refractivity contribution in [2.24, 2.45) is 0 Å². The van der Waals surface area contributed by atoms with Crippen LogP contribution in [0.3, 0.4) is 0 Å². The van der Waals surface area contributed by atoms with Gasteiger partial charge in [-0.15, -0.1) is 5.10 Å². The van der Waals surface area contributed by atoms with E-state index in [0.717, 1.165) is 0 Å². The highest BCUT2D eigenvalue weighted by Crippen LogP contribution is 2.40. The predicted molar refractivity (Wildman–Crippen MR) is 99.7 cm³/mol. The monoisotopic (exact) mass is 385 g/mol. The summed E-state index contributed by atoms with van der Waals surface area (Å²) in [6.07, 6.45) is 3.22. The summed E-state index contributed by atoms with van der Waals surface area (Å²) in [5.74, 6) is 2.44. The Morgan fingerprint density at radius 1 is 1.15 bits per heavy atom. The second kappa shape index (κ2) is 6.76. The zero-order chi connectivity index (χ0) is 19.0. The van der Waals surface area contributed by atoms with E-state index < -0.39 is 0 Å². The number of ether oxygens (including phenoxy) is 3. The summed E-state index contributed by atoms with van der Waals surface area (Å²) in [5.41, 5.74) is 0.397. The lowest BCUT2D eigenvalue weighted by Gasteiger charge is -2.12. The average Bonchev–Trinajstić information content (AvgIpc) is 3.40. The van der Waals surface area contributed by atoms with E-state index in [4.69, 9.17) is 18.6 Å². The molecule has 138 valence electrons. The Labute approximate surface area is 157 Å². The average molecular weight is 385 g/mol. The van der Waals surface area contributed by atoms with Crippen LogP contribution in [-0.2, 0) is 0 Å². The lowest BCUT2D eigenvalue weighted by molar-refractivity contribution is 0.324. The predicted octanol–water partition coefficient (Wildman–Crippen LogP) is 1.98. The highest BCUT2D eigenvalue weighted by Gasteiger charge is 2.18. The molecule has 0 aliphatic carbocycles. The molecule has 3 aromatic heterocycles. The van der Waals surface area contributed by atoms with Crippen LogP contribution in [0.2, 0.25) is 0 Å². The van der Waals surface area contributed by atoms with Gasteiger partial charge in [-0.1, -0.05) is 11.3 Å². The fourth-order valence-electron chi connectivity index (χ4n) is 2.67. The summed E-state index contributed by atoms with van der Waals surface area (Å²) in [6.45, 7) is 0. The lowest BCUT2D eigenvalue weighted by atomic mass is 10.1. The Bertz CT molecular complexity index is 1190. The van der Waals surface area contributed by atoms with E-state index in [1.165, 1.54) is 37.2 Å². The van der Waals surface area contributed by atoms with E-state index in [9.17, 15) is 4.79 Å². The van der Waals surface area contributed by atoms with Crippen LogP contribution < -0.4 is 24.3 Å². The van der Waals surface area contributed by atoms with Crippen molar-refractivity contribution in [2.45, 2.75) is 0 Å². The van der Waals surface area contributed by atoms with Gasteiger partial charge in [0.1, 0.15) is 10.3 Å². The van der Waals surface area contributed by atoms with Gasteiger partial charge in [-0.2, -0.15) is 9.50 Å². The maximum Gasteiger partial charge on any atom is 0.291 e. The summed E-state index contributed by atoms with van der Waals surface area (Å²) in [5, 5.41) is 4.34. The zero-order valence-electron chi connectivity index (χ0n) is 14.8. The number of benzene rings is 1. The highest BCUT2D eigenvalue weighted by atomic mass is 32.1. The van der Waals surface area contributed by atoms with Crippen LogP contribution in [0.25, 0.3) is 22.4 Å². The van der Waals surface area contributed by atoms with Crippen molar-refractivity contribution in [1.29, 1.82) is 0 Å². The maximum absolute atomic E-state index is 12.6. The highest BCUT2D eigenvalue weighted by molar-refractivity contribution is 7.15. The number of methoxy groups -OCH3 is 3. The van der Waals surface area contributed by atoms with Crippen LogP contribution in [0, 0.1) is 0 Å². The molecule has 0 fully saturated rings. The third-order valence-corrected chi connectivity index (χ3v) is 4.88. The smallest absolute Gasteiger partial charge is 0.291 e. The molecule has 3 heterocycles. The first-order valence-electron chi connectivity index (χ1n) is 7.89. The zero-order valence-corrected chi connectivity index (χ0v) is 15.6. The summed E-state index contributed by atoms with van der Waals surface area (Å²) >= 11 is 1.24. The first-order chi connectivity index (χ1) is 13.1. The van der Waals surface area contributed by atoms with Crippen molar-refractivity contribution in [1.82, 2.24) is 14.6 Å². The van der Waals surface area contributed by atoms with Gasteiger partial charge in [0, 0.05) is 11.6 Å². The molecule has 9 heteroatoms. The van der Waals surface area contributed by atoms with Gasteiger partial charge in [-0.05, 0) is 24.3 Å². The van der Waals surface area contributed by atoms with Crippen LogP contribution >= 0.6 is 11.3 Å². The van der Waals surface area contributed by atoms with Crippen molar-refractivity contribution in [3.8, 4) is 28.6 Å². The molecule has 1 aromatic carbocycles. The van der Waals surface area contributed by atoms with Gasteiger partial charge in [0.2, 0.25) is 10.7 Å². The van der Waals surface area contributed by atoms with Gasteiger partial charge >= 0.3 is 0 Å². The minimum absolute atomic E-state index is 0.252. The fourth-order valence-corrected chi connectivity index (χ4v) is 3.56. The molecule has 0 radical (unpaired) electrons. The molecule has 0 aliphatic rings. The molecule has 0 N–H and O–H groups in total. The minimum atomic E-state index is -0.252. The molecule has 4 aromatic rings. The number of hydrogen-bond acceptors (Lipinski definition) is 8. The number of rotatable bonds is 5. The third-order valence-electron chi connectivity index (χ3n) is 3.92. The standard InChI is InChI=1S/C18H15N3O5S/c1-23-12-7-10(8-13(24-2)15(12)25-3)16-19-18-21(20-16)17(22)14(27-18)9-11-5-4-6-26-11/h4-9H,1-3H3. The molecule has 8 nitrogen and oxygen atoms in total. The topological polar surface area (TPSA) is 88.1 Å². The molecule has 0 saturated carbocycles. The van der Waals surface area contributed by atoms with Crippen molar-refractivity contribution in [3.63, 3.8) is 0 Å². The number of fused-ring (bicyclic) bond motifs is 1. The minimum Gasteiger partial charge on any atom is -0.493 e. The van der Waals surface area contributed by atoms with E-state index in [-0.39, 0.29) is 5.56 Å². The number of aromatic nitrogens is 3. The Kier molecular flexibility index (Phi) is 4.28. The summed E-state index contributed by atoms with van der Waals surface area (Å²) < 4.78 is 23.1. The molecule has 0 aliphatic heterocycles. The normalized spacial score (nSPS) is 11.9. The van der Waals surface area contributed by atoms with Gasteiger partial charge in [-0.3, -0.25) is 4.79 Å². The van der Waals surface area contributed by atoms with E-state index in [0.29, 0.717) is 43.9 Å². The molecule has 0 saturated heterocycles. The summed E-state index contributed by atoms with van der Waals surface area (Å²) in [6, 6.07) is 7.01. The molecular weight excluding hydrogens is 370 g/mol. The van der Waals surface area contributed by atoms with Crippen molar-refractivity contribution in [3.05, 3.63) is 51.2 Å². The molecule has 0 unspecified atom stereocenters. The van der Waals surface area contributed by atoms with Crippen molar-refractivity contribution in [2.75, 3.05) is 21.3 Å². The summed E-state index contributed by atoms with van der Waals surface area (Å²) in [4.78, 5) is 17.5. The first-order valence-corrected chi connectivity index (χ1v) is 8.71. The van der Waals surface area contributed by atoms with Gasteiger partial charge < -0.3 is 18.6 Å². The van der Waals surface area contributed by atoms with E-state index in [1.54, 1.807) is 36.6 Å². The number of hydrogen-bond donors (Lipinski definition) is 0.